The summed E-state index contributed by atoms with van der Waals surface area (Å²) < 4.78 is 27.5. The van der Waals surface area contributed by atoms with E-state index in [9.17, 15) is 8.42 Å². The van der Waals surface area contributed by atoms with E-state index in [1.807, 2.05) is 0 Å². The summed E-state index contributed by atoms with van der Waals surface area (Å²) in [6, 6.07) is 4.95. The first kappa shape index (κ1) is 15.6. The van der Waals surface area contributed by atoms with Crippen LogP contribution in [0.25, 0.3) is 0 Å². The molecule has 0 radical (unpaired) electrons. The minimum absolute atomic E-state index is 0.160. The van der Waals surface area contributed by atoms with E-state index in [2.05, 4.69) is 9.71 Å². The van der Waals surface area contributed by atoms with E-state index in [0.717, 1.165) is 5.56 Å². The molecule has 0 saturated carbocycles. The second-order valence-electron chi connectivity index (χ2n) is 4.91. The summed E-state index contributed by atoms with van der Waals surface area (Å²) in [5.74, 6) is 0. The van der Waals surface area contributed by atoms with E-state index in [1.165, 1.54) is 6.20 Å². The molecule has 112 valence electrons. The van der Waals surface area contributed by atoms with Crippen LogP contribution < -0.4 is 10.5 Å². The quantitative estimate of drug-likeness (QED) is 0.671. The third-order valence-electron chi connectivity index (χ3n) is 3.10. The standard InChI is InChI=1S/C14H16ClN3O2S/c1-8-4-12(16)10(3)13(5-8)21(19,20)18-11-6-9(2)14(15)17-7-11/h4-7,18H,16H2,1-3H3. The van der Waals surface area contributed by atoms with Crippen molar-refractivity contribution < 1.29 is 8.42 Å². The molecule has 1 aromatic carbocycles. The highest BCUT2D eigenvalue weighted by atomic mass is 35.5. The zero-order valence-corrected chi connectivity index (χ0v) is 13.5. The lowest BCUT2D eigenvalue weighted by molar-refractivity contribution is 0.600. The SMILES string of the molecule is Cc1cc(N)c(C)c(S(=O)(=O)Nc2cnc(Cl)c(C)c2)c1. The van der Waals surface area contributed by atoms with Crippen LogP contribution in [0.1, 0.15) is 16.7 Å². The Morgan fingerprint density at radius 2 is 1.86 bits per heavy atom. The predicted molar refractivity (Wildman–Crippen MR) is 85.1 cm³/mol. The van der Waals surface area contributed by atoms with Gasteiger partial charge in [0.2, 0.25) is 0 Å². The average Bonchev–Trinajstić information content (AvgIpc) is 2.37. The van der Waals surface area contributed by atoms with Gasteiger partial charge in [-0.25, -0.2) is 13.4 Å². The number of nitrogens with two attached hydrogens (primary N) is 1. The maximum Gasteiger partial charge on any atom is 0.262 e. The van der Waals surface area contributed by atoms with E-state index in [-0.39, 0.29) is 4.90 Å². The molecular weight excluding hydrogens is 310 g/mol. The number of nitrogens with zero attached hydrogens (tertiary/aromatic N) is 1. The summed E-state index contributed by atoms with van der Waals surface area (Å²) in [6.45, 7) is 5.22. The molecule has 5 nitrogen and oxygen atoms in total. The first-order valence-corrected chi connectivity index (χ1v) is 8.08. The van der Waals surface area contributed by atoms with Crippen LogP contribution in [-0.2, 0) is 10.0 Å². The van der Waals surface area contributed by atoms with Crippen LogP contribution in [-0.4, -0.2) is 13.4 Å². The van der Waals surface area contributed by atoms with Crippen LogP contribution in [0.3, 0.4) is 0 Å². The number of pyridine rings is 1. The number of nitrogen functional groups attached to an aromatic ring is 1. The van der Waals surface area contributed by atoms with Crippen LogP contribution >= 0.6 is 11.6 Å². The van der Waals surface area contributed by atoms with Crippen molar-refractivity contribution in [3.8, 4) is 0 Å². The van der Waals surface area contributed by atoms with Crippen molar-refractivity contribution in [2.75, 3.05) is 10.5 Å². The fourth-order valence-corrected chi connectivity index (χ4v) is 3.45. The monoisotopic (exact) mass is 325 g/mol. The topological polar surface area (TPSA) is 85.1 Å². The maximum atomic E-state index is 12.5. The normalized spacial score (nSPS) is 11.4. The first-order chi connectivity index (χ1) is 9.70. The number of aryl methyl sites for hydroxylation is 2. The Morgan fingerprint density at radius 3 is 2.48 bits per heavy atom. The minimum atomic E-state index is -3.73. The van der Waals surface area contributed by atoms with Gasteiger partial charge in [-0.15, -0.1) is 0 Å². The van der Waals surface area contributed by atoms with Gasteiger partial charge in [0.05, 0.1) is 16.8 Å². The van der Waals surface area contributed by atoms with Gasteiger partial charge in [-0.2, -0.15) is 0 Å². The number of hydrogen-bond acceptors (Lipinski definition) is 4. The Kier molecular flexibility index (Phi) is 4.11. The molecule has 0 spiro atoms. The van der Waals surface area contributed by atoms with Crippen molar-refractivity contribution in [1.29, 1.82) is 0 Å². The van der Waals surface area contributed by atoms with Gasteiger partial charge in [-0.1, -0.05) is 11.6 Å². The first-order valence-electron chi connectivity index (χ1n) is 6.22. The van der Waals surface area contributed by atoms with Crippen LogP contribution in [0.15, 0.2) is 29.3 Å². The molecule has 2 rings (SSSR count). The van der Waals surface area contributed by atoms with Crippen LogP contribution in [0.2, 0.25) is 5.15 Å². The lowest BCUT2D eigenvalue weighted by Gasteiger charge is -2.13. The van der Waals surface area contributed by atoms with E-state index >= 15 is 0 Å². The molecule has 0 aliphatic heterocycles. The molecule has 0 aliphatic rings. The fourth-order valence-electron chi connectivity index (χ4n) is 1.96. The number of hydrogen-bond donors (Lipinski definition) is 2. The molecule has 7 heteroatoms. The summed E-state index contributed by atoms with van der Waals surface area (Å²) >= 11 is 5.83. The highest BCUT2D eigenvalue weighted by Crippen LogP contribution is 2.25. The number of benzene rings is 1. The average molecular weight is 326 g/mol. The maximum absolute atomic E-state index is 12.5. The predicted octanol–water partition coefficient (Wildman–Crippen LogP) is 3.04. The summed E-state index contributed by atoms with van der Waals surface area (Å²) in [6.07, 6.45) is 1.38. The molecule has 3 N–H and O–H groups in total. The molecule has 1 aromatic heterocycles. The Bertz CT molecular complexity index is 804. The summed E-state index contributed by atoms with van der Waals surface area (Å²) in [4.78, 5) is 4.09. The molecule has 0 atom stereocenters. The van der Waals surface area contributed by atoms with Crippen LogP contribution in [0.5, 0.6) is 0 Å². The third kappa shape index (κ3) is 3.28. The zero-order chi connectivity index (χ0) is 15.8. The molecule has 0 amide bonds. The van der Waals surface area contributed by atoms with E-state index in [1.54, 1.807) is 39.0 Å². The molecule has 1 heterocycles. The smallest absolute Gasteiger partial charge is 0.262 e. The van der Waals surface area contributed by atoms with Crippen molar-refractivity contribution in [2.24, 2.45) is 0 Å². The third-order valence-corrected chi connectivity index (χ3v) is 5.00. The van der Waals surface area contributed by atoms with Crippen molar-refractivity contribution in [1.82, 2.24) is 4.98 Å². The largest absolute Gasteiger partial charge is 0.398 e. The van der Waals surface area contributed by atoms with Crippen LogP contribution in [0.4, 0.5) is 11.4 Å². The molecule has 21 heavy (non-hydrogen) atoms. The van der Waals surface area contributed by atoms with Crippen molar-refractivity contribution >= 4 is 33.0 Å². The Balaban J connectivity index is 2.45. The number of anilines is 2. The van der Waals surface area contributed by atoms with E-state index < -0.39 is 10.0 Å². The molecule has 0 bridgehead atoms. The number of halogens is 1. The Morgan fingerprint density at radius 1 is 1.19 bits per heavy atom. The molecule has 0 unspecified atom stereocenters. The summed E-state index contributed by atoms with van der Waals surface area (Å²) in [5.41, 5.74) is 8.63. The highest BCUT2D eigenvalue weighted by Gasteiger charge is 2.19. The molecule has 0 aliphatic carbocycles. The second kappa shape index (κ2) is 5.54. The van der Waals surface area contributed by atoms with Gasteiger partial charge in [-0.05, 0) is 55.7 Å². The second-order valence-corrected chi connectivity index (χ2v) is 6.92. The number of nitrogens with one attached hydrogen (secondary N) is 1. The Labute approximate surface area is 129 Å². The number of aromatic nitrogens is 1. The van der Waals surface area contributed by atoms with Gasteiger partial charge < -0.3 is 5.73 Å². The minimum Gasteiger partial charge on any atom is -0.398 e. The molecule has 0 saturated heterocycles. The van der Waals surface area contributed by atoms with Gasteiger partial charge in [-0.3, -0.25) is 4.72 Å². The van der Waals surface area contributed by atoms with Gasteiger partial charge in [0.25, 0.3) is 10.0 Å². The fraction of sp³-hybridized carbons (Fsp3) is 0.214. The van der Waals surface area contributed by atoms with Gasteiger partial charge >= 0.3 is 0 Å². The highest BCUT2D eigenvalue weighted by molar-refractivity contribution is 7.92. The van der Waals surface area contributed by atoms with Crippen molar-refractivity contribution in [3.05, 3.63) is 46.2 Å². The summed E-state index contributed by atoms with van der Waals surface area (Å²) in [7, 11) is -3.73. The molecular formula is C14H16ClN3O2S. The number of sulfonamides is 1. The van der Waals surface area contributed by atoms with Crippen LogP contribution in [0, 0.1) is 20.8 Å². The van der Waals surface area contributed by atoms with E-state index in [4.69, 9.17) is 17.3 Å². The lowest BCUT2D eigenvalue weighted by atomic mass is 10.1. The van der Waals surface area contributed by atoms with Gasteiger partial charge in [0.15, 0.2) is 0 Å². The van der Waals surface area contributed by atoms with Gasteiger partial charge in [0, 0.05) is 5.69 Å². The van der Waals surface area contributed by atoms with Crippen molar-refractivity contribution in [3.63, 3.8) is 0 Å². The van der Waals surface area contributed by atoms with E-state index in [0.29, 0.717) is 27.7 Å². The molecule has 0 fully saturated rings. The molecule has 2 aromatic rings. The van der Waals surface area contributed by atoms with Crippen molar-refractivity contribution in [2.45, 2.75) is 25.7 Å². The van der Waals surface area contributed by atoms with Gasteiger partial charge in [0.1, 0.15) is 5.15 Å². The number of rotatable bonds is 3. The Hall–Kier alpha value is -1.79. The zero-order valence-electron chi connectivity index (χ0n) is 11.9. The lowest BCUT2D eigenvalue weighted by Crippen LogP contribution is -2.15. The summed E-state index contributed by atoms with van der Waals surface area (Å²) in [5, 5.41) is 0.342.